The quantitative estimate of drug-likeness (QED) is 0.385. The Kier molecular flexibility index (Phi) is 4.63. The summed E-state index contributed by atoms with van der Waals surface area (Å²) in [5.74, 6) is 0.892. The number of nitrogen functional groups attached to an aromatic ring is 1. The van der Waals surface area contributed by atoms with E-state index in [9.17, 15) is 5.26 Å². The Morgan fingerprint density at radius 3 is 2.77 bits per heavy atom. The van der Waals surface area contributed by atoms with Crippen molar-refractivity contribution in [3.05, 3.63) is 72.7 Å². The van der Waals surface area contributed by atoms with Gasteiger partial charge in [-0.15, -0.1) is 5.10 Å². The molecule has 0 atom stereocenters. The summed E-state index contributed by atoms with van der Waals surface area (Å²) in [4.78, 5) is 17.7. The number of aromatic nitrogens is 12. The number of nitriles is 1. The molecule has 0 fully saturated rings. The summed E-state index contributed by atoms with van der Waals surface area (Å²) in [5, 5.41) is 30.2. The molecule has 6 aromatic rings. The largest absolute Gasteiger partial charge is 0.368 e. The normalized spacial score (nSPS) is 11.1. The molecule has 1 aromatic carbocycles. The first-order chi connectivity index (χ1) is 17.2. The predicted molar refractivity (Wildman–Crippen MR) is 120 cm³/mol. The summed E-state index contributed by atoms with van der Waals surface area (Å²) in [6.45, 7) is 0.149. The number of benzene rings is 1. The molecule has 2 N–H and O–H groups in total. The number of tetrazole rings is 1. The molecule has 35 heavy (non-hydrogen) atoms. The molecule has 0 saturated heterocycles. The van der Waals surface area contributed by atoms with E-state index in [-0.39, 0.29) is 12.5 Å². The molecule has 0 aliphatic carbocycles. The zero-order valence-electron chi connectivity index (χ0n) is 17.9. The van der Waals surface area contributed by atoms with Crippen molar-refractivity contribution >= 4 is 11.6 Å². The highest BCUT2D eigenvalue weighted by atomic mass is 15.6. The van der Waals surface area contributed by atoms with Crippen LogP contribution >= 0.6 is 0 Å². The molecule has 0 bridgehead atoms. The van der Waals surface area contributed by atoms with Crippen molar-refractivity contribution in [3.8, 4) is 34.5 Å². The molecule has 0 spiro atoms. The number of hydrogen-bond donors (Lipinski definition) is 1. The van der Waals surface area contributed by atoms with Crippen LogP contribution in [0.4, 0.5) is 5.95 Å². The van der Waals surface area contributed by atoms with Crippen molar-refractivity contribution in [2.24, 2.45) is 0 Å². The van der Waals surface area contributed by atoms with E-state index in [1.165, 1.54) is 20.2 Å². The van der Waals surface area contributed by atoms with Crippen molar-refractivity contribution in [2.45, 2.75) is 6.54 Å². The highest BCUT2D eigenvalue weighted by molar-refractivity contribution is 5.90. The maximum Gasteiger partial charge on any atom is 0.270 e. The minimum Gasteiger partial charge on any atom is -0.368 e. The minimum absolute atomic E-state index is 0.100. The molecule has 0 saturated carbocycles. The lowest BCUT2D eigenvalue weighted by atomic mass is 9.99. The van der Waals surface area contributed by atoms with Gasteiger partial charge in [-0.1, -0.05) is 23.3 Å². The van der Waals surface area contributed by atoms with E-state index in [0.717, 1.165) is 0 Å². The van der Waals surface area contributed by atoms with Gasteiger partial charge in [-0.05, 0) is 28.6 Å². The van der Waals surface area contributed by atoms with Crippen LogP contribution in [0.3, 0.4) is 0 Å². The Bertz CT molecular complexity index is 1690. The lowest BCUT2D eigenvalue weighted by Gasteiger charge is -2.12. The lowest BCUT2D eigenvalue weighted by Crippen LogP contribution is -2.11. The second-order valence-electron chi connectivity index (χ2n) is 7.30. The zero-order valence-corrected chi connectivity index (χ0v) is 17.9. The molecule has 14 heteroatoms. The number of anilines is 1. The Morgan fingerprint density at radius 2 is 1.97 bits per heavy atom. The fraction of sp³-hybridized carbons (Fsp3) is 0.0476. The van der Waals surface area contributed by atoms with Crippen molar-refractivity contribution < 1.29 is 0 Å². The van der Waals surface area contributed by atoms with Crippen LogP contribution in [0, 0.1) is 11.3 Å². The van der Waals surface area contributed by atoms with Crippen molar-refractivity contribution in [1.29, 1.82) is 5.26 Å². The molecule has 0 amide bonds. The molecule has 5 aromatic heterocycles. The van der Waals surface area contributed by atoms with Crippen molar-refractivity contribution in [3.63, 3.8) is 0 Å². The smallest absolute Gasteiger partial charge is 0.270 e. The highest BCUT2D eigenvalue weighted by Crippen LogP contribution is 2.35. The van der Waals surface area contributed by atoms with Crippen LogP contribution in [0.5, 0.6) is 0 Å². The lowest BCUT2D eigenvalue weighted by molar-refractivity contribution is 0.598. The molecule has 0 aliphatic heterocycles. The zero-order chi connectivity index (χ0) is 23.8. The maximum atomic E-state index is 9.68. The van der Waals surface area contributed by atoms with Gasteiger partial charge in [0.1, 0.15) is 12.9 Å². The van der Waals surface area contributed by atoms with Gasteiger partial charge in [-0.2, -0.15) is 14.9 Å². The van der Waals surface area contributed by atoms with Crippen LogP contribution in [-0.4, -0.2) is 59.5 Å². The van der Waals surface area contributed by atoms with E-state index in [4.69, 9.17) is 10.7 Å². The van der Waals surface area contributed by atoms with Crippen LogP contribution in [0.1, 0.15) is 11.4 Å². The molecule has 14 nitrogen and oxygen atoms in total. The first-order valence-corrected chi connectivity index (χ1v) is 10.3. The van der Waals surface area contributed by atoms with Crippen molar-refractivity contribution in [1.82, 2.24) is 59.5 Å². The number of nitrogens with two attached hydrogens (primary N) is 1. The van der Waals surface area contributed by atoms with E-state index in [1.807, 2.05) is 6.07 Å². The van der Waals surface area contributed by atoms with Gasteiger partial charge in [0.25, 0.3) is 5.95 Å². The molecule has 5 heterocycles. The number of rotatable bonds is 5. The monoisotopic (exact) mass is 462 g/mol. The summed E-state index contributed by atoms with van der Waals surface area (Å²) in [6.07, 6.45) is 6.40. The van der Waals surface area contributed by atoms with Crippen LogP contribution in [0.25, 0.3) is 34.1 Å². The van der Waals surface area contributed by atoms with Crippen LogP contribution < -0.4 is 5.73 Å². The van der Waals surface area contributed by atoms with Gasteiger partial charge in [-0.25, -0.2) is 29.3 Å². The standard InChI is InChI=1S/C21H14N14/c22-10-13-4-1-2-5-14(13)18-17(15-6-8-24-12-25-15)19-27-16(30-35(19)20(23)28-18)11-34-21(29-31-32-34)33-9-3-7-26-33/h1-9,12H,11H2,(H2,23,28). The van der Waals surface area contributed by atoms with Crippen molar-refractivity contribution in [2.75, 3.05) is 5.73 Å². The third-order valence-corrected chi connectivity index (χ3v) is 5.21. The first-order valence-electron chi connectivity index (χ1n) is 10.3. The summed E-state index contributed by atoms with van der Waals surface area (Å²) in [6, 6.07) is 12.8. The summed E-state index contributed by atoms with van der Waals surface area (Å²) in [5.41, 5.74) is 9.34. The third kappa shape index (κ3) is 3.40. The van der Waals surface area contributed by atoms with Gasteiger partial charge in [-0.3, -0.25) is 0 Å². The van der Waals surface area contributed by atoms with Crippen LogP contribution in [0.15, 0.2) is 61.3 Å². The van der Waals surface area contributed by atoms with Crippen LogP contribution in [0.2, 0.25) is 0 Å². The molecule has 0 radical (unpaired) electrons. The second-order valence-corrected chi connectivity index (χ2v) is 7.30. The van der Waals surface area contributed by atoms with Gasteiger partial charge >= 0.3 is 0 Å². The van der Waals surface area contributed by atoms with Gasteiger partial charge in [0, 0.05) is 24.2 Å². The molecule has 168 valence electrons. The molecule has 0 aliphatic rings. The SMILES string of the molecule is N#Cc1ccccc1-c1nc(N)n2nc(Cn3nnnc3-n3cccn3)nc2c1-c1ccncn1. The van der Waals surface area contributed by atoms with Gasteiger partial charge < -0.3 is 5.73 Å². The maximum absolute atomic E-state index is 9.68. The predicted octanol–water partition coefficient (Wildman–Crippen LogP) is 0.923. The second kappa shape index (κ2) is 8.08. The van der Waals surface area contributed by atoms with Crippen LogP contribution in [-0.2, 0) is 6.54 Å². The number of fused-ring (bicyclic) bond motifs is 1. The molecule has 6 rings (SSSR count). The topological polar surface area (TPSA) is 180 Å². The molecule has 0 unspecified atom stereocenters. The first kappa shape index (κ1) is 20.1. The number of hydrogen-bond acceptors (Lipinski definition) is 11. The van der Waals surface area contributed by atoms with E-state index in [0.29, 0.717) is 45.5 Å². The Labute approximate surface area is 196 Å². The highest BCUT2D eigenvalue weighted by Gasteiger charge is 2.23. The summed E-state index contributed by atoms with van der Waals surface area (Å²) >= 11 is 0. The molecular formula is C21H14N14. The minimum atomic E-state index is 0.100. The fourth-order valence-corrected chi connectivity index (χ4v) is 3.71. The number of nitrogens with zero attached hydrogens (tertiary/aromatic N) is 13. The van der Waals surface area contributed by atoms with E-state index < -0.39 is 0 Å². The summed E-state index contributed by atoms with van der Waals surface area (Å²) in [7, 11) is 0. The van der Waals surface area contributed by atoms with E-state index >= 15 is 0 Å². The van der Waals surface area contributed by atoms with Gasteiger partial charge in [0.2, 0.25) is 5.95 Å². The van der Waals surface area contributed by atoms with Gasteiger partial charge in [0.15, 0.2) is 11.5 Å². The average Bonchev–Trinajstić information content (AvgIpc) is 3.66. The fourth-order valence-electron chi connectivity index (χ4n) is 3.71. The Morgan fingerprint density at radius 1 is 1.06 bits per heavy atom. The molecular weight excluding hydrogens is 448 g/mol. The van der Waals surface area contributed by atoms with E-state index in [1.54, 1.807) is 48.9 Å². The average molecular weight is 462 g/mol. The third-order valence-electron chi connectivity index (χ3n) is 5.21. The Hall–Kier alpha value is -5.58. The Balaban J connectivity index is 1.55. The van der Waals surface area contributed by atoms with Gasteiger partial charge in [0.05, 0.1) is 28.6 Å². The van der Waals surface area contributed by atoms with E-state index in [2.05, 4.69) is 46.7 Å². The summed E-state index contributed by atoms with van der Waals surface area (Å²) < 4.78 is 4.49.